The predicted octanol–water partition coefficient (Wildman–Crippen LogP) is 7.17. The summed E-state index contributed by atoms with van der Waals surface area (Å²) in [5.74, 6) is -7.75. The van der Waals surface area contributed by atoms with Crippen molar-refractivity contribution in [3.8, 4) is 23.0 Å². The van der Waals surface area contributed by atoms with E-state index in [2.05, 4.69) is 27.0 Å². The number of aromatic nitrogens is 5. The fraction of sp³-hybridized carbons (Fsp3) is 0.368. The molecular weight excluding hydrogens is 825 g/mol. The van der Waals surface area contributed by atoms with Crippen LogP contribution in [0.25, 0.3) is 22.0 Å². The zero-order valence-corrected chi connectivity index (χ0v) is 31.7. The Morgan fingerprint density at radius 1 is 1.00 bits per heavy atom. The van der Waals surface area contributed by atoms with E-state index >= 15 is 8.78 Å². The number of anilines is 1. The molecule has 21 heteroatoms. The number of amides is 1. The van der Waals surface area contributed by atoms with Crippen molar-refractivity contribution >= 4 is 32.5 Å². The molecule has 2 aliphatic rings. The van der Waals surface area contributed by atoms with E-state index in [4.69, 9.17) is 11.5 Å². The number of nitrogens with zero attached hydrogens (tertiary/aromatic N) is 5. The van der Waals surface area contributed by atoms with Gasteiger partial charge in [0.1, 0.15) is 40.4 Å². The highest BCUT2D eigenvalue weighted by Gasteiger charge is 2.69. The minimum Gasteiger partial charge on any atom is -0.382 e. The van der Waals surface area contributed by atoms with Crippen molar-refractivity contribution in [2.45, 2.75) is 74.1 Å². The normalized spacial score (nSPS) is 18.5. The molecule has 0 radical (unpaired) electrons. The molecule has 7 rings (SSSR count). The summed E-state index contributed by atoms with van der Waals surface area (Å²) in [5, 5.41) is 7.36. The summed E-state index contributed by atoms with van der Waals surface area (Å²) >= 11 is 0. The molecule has 0 spiro atoms. The lowest BCUT2D eigenvalue weighted by atomic mass is 9.84. The largest absolute Gasteiger partial charge is 0.435 e. The lowest BCUT2D eigenvalue weighted by Gasteiger charge is -2.29. The van der Waals surface area contributed by atoms with Gasteiger partial charge in [-0.25, -0.2) is 26.9 Å². The fourth-order valence-corrected chi connectivity index (χ4v) is 7.82. The number of nitrogen functional groups attached to an aromatic ring is 1. The second-order valence-electron chi connectivity index (χ2n) is 15.1. The third-order valence-corrected chi connectivity index (χ3v) is 12.5. The second-order valence-corrected chi connectivity index (χ2v) is 17.6. The summed E-state index contributed by atoms with van der Waals surface area (Å²) in [6.45, 7) is 0.865. The van der Waals surface area contributed by atoms with Crippen molar-refractivity contribution in [3.05, 3.63) is 94.1 Å². The summed E-state index contributed by atoms with van der Waals surface area (Å²) in [6, 6.07) is 6.17. The van der Waals surface area contributed by atoms with Gasteiger partial charge in [0.05, 0.1) is 11.2 Å². The molecule has 1 unspecified atom stereocenters. The van der Waals surface area contributed by atoms with E-state index in [0.717, 1.165) is 18.4 Å². The Hall–Kier alpha value is -5.65. The maximum Gasteiger partial charge on any atom is 0.435 e. The van der Waals surface area contributed by atoms with Gasteiger partial charge in [0.2, 0.25) is 5.91 Å². The number of carbonyl (C=O) groups is 1. The molecule has 3 aromatic heterocycles. The molecule has 4 atom stereocenters. The van der Waals surface area contributed by atoms with Gasteiger partial charge in [-0.05, 0) is 74.4 Å². The lowest BCUT2D eigenvalue weighted by molar-refractivity contribution is -0.143. The predicted molar refractivity (Wildman–Crippen MR) is 192 cm³/mol. The average molecular weight is 856 g/mol. The number of primary amides is 1. The third-order valence-electron chi connectivity index (χ3n) is 10.6. The van der Waals surface area contributed by atoms with Crippen molar-refractivity contribution in [1.82, 2.24) is 24.5 Å². The first-order chi connectivity index (χ1) is 27.2. The number of alkyl halides is 8. The smallest absolute Gasteiger partial charge is 0.382 e. The number of carbonyl (C=O) groups excluding carboxylic acids is 1. The first-order valence-electron chi connectivity index (χ1n) is 17.6. The molecule has 59 heavy (non-hydrogen) atoms. The Bertz CT molecular complexity index is 2710. The van der Waals surface area contributed by atoms with Crippen LogP contribution in [0.5, 0.6) is 0 Å². The van der Waals surface area contributed by atoms with Crippen molar-refractivity contribution < 1.29 is 57.1 Å². The van der Waals surface area contributed by atoms with E-state index < -0.39 is 110 Å². The molecule has 1 amide bonds. The van der Waals surface area contributed by atoms with Crippen molar-refractivity contribution in [2.24, 2.45) is 11.7 Å². The number of rotatable bonds is 9. The van der Waals surface area contributed by atoms with Crippen LogP contribution in [-0.4, -0.2) is 56.0 Å². The average Bonchev–Trinajstić information content (AvgIpc) is 3.63. The molecular formula is C38H31F10N7O3S. The molecule has 5 aromatic rings. The van der Waals surface area contributed by atoms with Crippen LogP contribution in [-0.2, 0) is 39.7 Å². The highest BCUT2D eigenvalue weighted by atomic mass is 32.2. The summed E-state index contributed by atoms with van der Waals surface area (Å²) in [7, 11) is -3.85. The van der Waals surface area contributed by atoms with E-state index in [1.54, 1.807) is 0 Å². The Labute approximate surface area is 328 Å². The van der Waals surface area contributed by atoms with Gasteiger partial charge >= 0.3 is 12.4 Å². The number of para-hydroxylation sites is 1. The molecule has 3 heterocycles. The van der Waals surface area contributed by atoms with E-state index in [0.29, 0.717) is 10.7 Å². The second kappa shape index (κ2) is 13.7. The topological polar surface area (TPSA) is 152 Å². The van der Waals surface area contributed by atoms with Gasteiger partial charge in [-0.3, -0.25) is 9.48 Å². The maximum atomic E-state index is 16.1. The number of fused-ring (bicyclic) bond motifs is 4. The van der Waals surface area contributed by atoms with Crippen molar-refractivity contribution in [1.29, 1.82) is 0 Å². The minimum atomic E-state index is -5.30. The van der Waals surface area contributed by atoms with Crippen LogP contribution in [0.2, 0.25) is 0 Å². The monoisotopic (exact) mass is 855 g/mol. The fourth-order valence-electron chi connectivity index (χ4n) is 7.59. The molecule has 4 N–H and O–H groups in total. The summed E-state index contributed by atoms with van der Waals surface area (Å²) < 4.78 is 171. The molecule has 10 nitrogen and oxygen atoms in total. The SMILES string of the molecule is CC(C)(C#Cc1ccc(-c2cccc3c(N)nn(CC(F)(F)F)c23)c([C@@H](Cc2cc(F)cc(F)c2)C(C(N)=O)n2nc(C(F)(F)F)c3c2C(F)(F)[C@@H]2C[C@H]32)n1)S(C)(=O)=O. The maximum absolute atomic E-state index is 16.1. The summed E-state index contributed by atoms with van der Waals surface area (Å²) in [4.78, 5) is 18.3. The highest BCUT2D eigenvalue weighted by Crippen LogP contribution is 2.69. The van der Waals surface area contributed by atoms with Crippen molar-refractivity contribution in [2.75, 3.05) is 12.0 Å². The Kier molecular flexibility index (Phi) is 9.64. The Balaban J connectivity index is 1.58. The first-order valence-corrected chi connectivity index (χ1v) is 19.5. The minimum absolute atomic E-state index is 0.00902. The highest BCUT2D eigenvalue weighted by molar-refractivity contribution is 7.92. The quantitative estimate of drug-likeness (QED) is 0.118. The molecule has 0 saturated heterocycles. The summed E-state index contributed by atoms with van der Waals surface area (Å²) in [5.41, 5.74) is 6.55. The molecule has 2 aliphatic carbocycles. The molecule has 2 aromatic carbocycles. The molecule has 1 fully saturated rings. The van der Waals surface area contributed by atoms with Crippen LogP contribution in [0.3, 0.4) is 0 Å². The Morgan fingerprint density at radius 2 is 1.66 bits per heavy atom. The van der Waals surface area contributed by atoms with Crippen LogP contribution >= 0.6 is 0 Å². The van der Waals surface area contributed by atoms with Crippen LogP contribution in [0.4, 0.5) is 49.7 Å². The van der Waals surface area contributed by atoms with Gasteiger partial charge in [0.15, 0.2) is 21.3 Å². The third kappa shape index (κ3) is 7.46. The zero-order valence-electron chi connectivity index (χ0n) is 30.9. The van der Waals surface area contributed by atoms with Gasteiger partial charge in [-0.2, -0.15) is 45.3 Å². The van der Waals surface area contributed by atoms with Crippen LogP contribution in [0.15, 0.2) is 48.5 Å². The number of halogens is 10. The van der Waals surface area contributed by atoms with E-state index in [9.17, 15) is 48.3 Å². The van der Waals surface area contributed by atoms with Crippen LogP contribution < -0.4 is 11.5 Å². The Morgan fingerprint density at radius 3 is 2.25 bits per heavy atom. The van der Waals surface area contributed by atoms with Gasteiger partial charge < -0.3 is 11.5 Å². The molecule has 1 saturated carbocycles. The van der Waals surface area contributed by atoms with Gasteiger partial charge in [-0.1, -0.05) is 18.1 Å². The van der Waals surface area contributed by atoms with Crippen LogP contribution in [0, 0.1) is 29.4 Å². The lowest BCUT2D eigenvalue weighted by Crippen LogP contribution is -2.37. The number of pyridine rings is 1. The summed E-state index contributed by atoms with van der Waals surface area (Å²) in [6.07, 6.45) is -10.3. The molecule has 312 valence electrons. The number of benzene rings is 2. The number of sulfone groups is 1. The number of nitrogens with two attached hydrogens (primary N) is 2. The van der Waals surface area contributed by atoms with Gasteiger partial charge in [-0.15, -0.1) is 0 Å². The van der Waals surface area contributed by atoms with Crippen LogP contribution in [0.1, 0.15) is 72.0 Å². The van der Waals surface area contributed by atoms with E-state index in [1.165, 1.54) is 44.2 Å². The standard InChI is InChI=1S/C38H31F10N7O3S/c1-35(2,59(3,57)58)10-9-20-7-8-21(22-5-4-6-23-29(22)54(53-33(23)49)16-36(41,42)43)28(51-20)25(13-17-11-18(39)14-19(40)12-17)30(34(50)56)55-32-27(31(52-55)38(46,47)48)24-15-26(24)37(32,44)45/h4-8,11-12,14,24-26,30H,13,15-16H2,1-3H3,(H2,49,53)(H2,50,56)/t24-,25+,26+,30?/m0/s1. The molecule has 0 bridgehead atoms. The number of hydrogen-bond acceptors (Lipinski definition) is 7. The van der Waals surface area contributed by atoms with E-state index in [-0.39, 0.29) is 50.2 Å². The van der Waals surface area contributed by atoms with Gasteiger partial charge in [0.25, 0.3) is 5.92 Å². The zero-order chi connectivity index (χ0) is 43.4. The molecule has 0 aliphatic heterocycles. The number of hydrogen-bond donors (Lipinski definition) is 2. The first kappa shape index (κ1) is 41.5. The van der Waals surface area contributed by atoms with Gasteiger partial charge in [0, 0.05) is 46.2 Å². The van der Waals surface area contributed by atoms with Crippen molar-refractivity contribution in [3.63, 3.8) is 0 Å². The van der Waals surface area contributed by atoms with E-state index in [1.807, 2.05) is 0 Å².